The molecule has 10 aromatic rings. The number of hydrogen-bond acceptors (Lipinski definition) is 6. The van der Waals surface area contributed by atoms with Crippen LogP contribution in [0.5, 0.6) is 0 Å². The van der Waals surface area contributed by atoms with Crippen LogP contribution in [0.25, 0.3) is 107 Å². The highest BCUT2D eigenvalue weighted by Gasteiger charge is 2.35. The number of benzene rings is 7. The average molecular weight is 791 g/mol. The molecule has 0 atom stereocenters. The van der Waals surface area contributed by atoms with E-state index in [1.165, 1.54) is 0 Å². The fraction of sp³-hybridized carbons (Fsp3) is 0. The van der Waals surface area contributed by atoms with E-state index in [0.717, 1.165) is 117 Å². The van der Waals surface area contributed by atoms with Gasteiger partial charge in [0.2, 0.25) is 0 Å². The summed E-state index contributed by atoms with van der Waals surface area (Å²) in [5.74, 6) is 0. The van der Waals surface area contributed by atoms with Crippen molar-refractivity contribution in [2.75, 3.05) is 0 Å². The number of rotatable bonds is 7. The molecule has 1 aliphatic carbocycles. The van der Waals surface area contributed by atoms with Crippen LogP contribution in [0.2, 0.25) is 0 Å². The summed E-state index contributed by atoms with van der Waals surface area (Å²) in [6.45, 7) is 0. The molecule has 0 N–H and O–H groups in total. The van der Waals surface area contributed by atoms with E-state index in [1.54, 1.807) is 0 Å². The van der Waals surface area contributed by atoms with Crippen LogP contribution in [0.1, 0.15) is 5.56 Å². The topological polar surface area (TPSA) is 76.8 Å². The molecule has 0 radical (unpaired) electrons. The molecule has 0 saturated heterocycles. The molecule has 0 unspecified atom stereocenters. The van der Waals surface area contributed by atoms with E-state index in [-0.39, 0.29) is 0 Å². The summed E-state index contributed by atoms with van der Waals surface area (Å²) in [5, 5.41) is 16.7. The second kappa shape index (κ2) is 14.7. The van der Waals surface area contributed by atoms with Crippen molar-refractivity contribution in [3.8, 4) is 101 Å². The Balaban J connectivity index is 1.31. The molecule has 0 bridgehead atoms. The summed E-state index contributed by atoms with van der Waals surface area (Å²) in [5.41, 5.74) is 19.3. The van der Waals surface area contributed by atoms with Crippen molar-refractivity contribution in [2.45, 2.75) is 0 Å². The molecule has 1 aliphatic heterocycles. The van der Waals surface area contributed by atoms with Gasteiger partial charge in [-0.3, -0.25) is 9.97 Å². The highest BCUT2D eigenvalue weighted by atomic mass is 15.3. The van der Waals surface area contributed by atoms with Gasteiger partial charge in [-0.25, -0.2) is 4.99 Å². The minimum atomic E-state index is 0.692. The van der Waals surface area contributed by atoms with Gasteiger partial charge in [-0.15, -0.1) is 10.2 Å². The second-order valence-corrected chi connectivity index (χ2v) is 15.4. The van der Waals surface area contributed by atoms with Gasteiger partial charge in [0, 0.05) is 62.1 Å². The van der Waals surface area contributed by atoms with Gasteiger partial charge in [0.15, 0.2) is 0 Å². The lowest BCUT2D eigenvalue weighted by molar-refractivity contribution is 0.878. The van der Waals surface area contributed by atoms with Gasteiger partial charge in [-0.2, -0.15) is 0 Å². The van der Waals surface area contributed by atoms with Crippen LogP contribution >= 0.6 is 0 Å². The zero-order valence-electron chi connectivity index (χ0n) is 33.3. The smallest absolute Gasteiger partial charge is 0.106 e. The standard InChI is InChI=1S/C56H34N6/c1-4-18-35(19-5-1)38-24-10-11-26-40(38)51-54(37-22-8-3-9-23-37)60-62-61-56(51)50-44-34-43-41(30-31-42-39-25-12-13-27-45(39)59-55(42)43)49(44)48(36-20-6-2-7-21-36)52(46-28-14-16-32-57-46)53(50)47-29-15-17-33-58-47/h1-34H. The van der Waals surface area contributed by atoms with E-state index in [2.05, 4.69) is 157 Å². The highest BCUT2D eigenvalue weighted by Crippen LogP contribution is 2.55. The first-order valence-electron chi connectivity index (χ1n) is 20.7. The zero-order chi connectivity index (χ0) is 41.0. The number of aromatic nitrogens is 5. The molecule has 0 spiro atoms. The average Bonchev–Trinajstić information content (AvgIpc) is 3.94. The largest absolute Gasteiger partial charge is 0.256 e. The molecule has 7 aromatic carbocycles. The minimum absolute atomic E-state index is 0.692. The summed E-state index contributed by atoms with van der Waals surface area (Å²) in [7, 11) is 0. The van der Waals surface area contributed by atoms with Gasteiger partial charge in [0.25, 0.3) is 0 Å². The minimum Gasteiger partial charge on any atom is -0.256 e. The summed E-state index contributed by atoms with van der Waals surface area (Å²) in [6.07, 6.45) is 6.05. The maximum atomic E-state index is 5.31. The lowest BCUT2D eigenvalue weighted by Gasteiger charge is -2.25. The quantitative estimate of drug-likeness (QED) is 0.161. The Labute approximate surface area is 358 Å². The Kier molecular flexibility index (Phi) is 8.38. The Bertz CT molecular complexity index is 3480. The molecule has 6 heteroatoms. The first kappa shape index (κ1) is 35.5. The molecule has 62 heavy (non-hydrogen) atoms. The third kappa shape index (κ3) is 5.65. The monoisotopic (exact) mass is 790 g/mol. The Morgan fingerprint density at radius 3 is 1.55 bits per heavy atom. The first-order valence-corrected chi connectivity index (χ1v) is 20.7. The predicted molar refractivity (Wildman–Crippen MR) is 248 cm³/mol. The lowest BCUT2D eigenvalue weighted by Crippen LogP contribution is -2.25. The molecule has 2 aliphatic rings. The number of pyridine rings is 2. The van der Waals surface area contributed by atoms with E-state index in [4.69, 9.17) is 25.2 Å². The molecule has 288 valence electrons. The maximum absolute atomic E-state index is 5.31. The molecular formula is C56H34N6. The molecule has 0 amide bonds. The van der Waals surface area contributed by atoms with Crippen LogP contribution in [0.15, 0.2) is 205 Å². The van der Waals surface area contributed by atoms with Crippen molar-refractivity contribution < 1.29 is 0 Å². The summed E-state index contributed by atoms with van der Waals surface area (Å²) < 4.78 is 0. The summed E-state index contributed by atoms with van der Waals surface area (Å²) in [4.78, 5) is 15.6. The third-order valence-corrected chi connectivity index (χ3v) is 12.0. The Morgan fingerprint density at radius 1 is 0.323 bits per heavy atom. The third-order valence-electron chi connectivity index (χ3n) is 12.0. The SMILES string of the molecule is C1=c2c(ccc3c2=Nc2ccccc2-3)-c2c1c(-c1nnnc(-c3ccccc3)c1-c1ccccc1-c1ccccc1)c(-c1ccccn1)c(-c1ccccn1)c2-c1ccccc1. The highest BCUT2D eigenvalue weighted by molar-refractivity contribution is 6.14. The number of hydrogen-bond donors (Lipinski definition) is 0. The van der Waals surface area contributed by atoms with E-state index < -0.39 is 0 Å². The fourth-order valence-corrected chi connectivity index (χ4v) is 9.36. The zero-order valence-corrected chi connectivity index (χ0v) is 33.3. The van der Waals surface area contributed by atoms with Crippen LogP contribution in [0.3, 0.4) is 0 Å². The van der Waals surface area contributed by atoms with Crippen molar-refractivity contribution in [1.82, 2.24) is 25.4 Å². The van der Waals surface area contributed by atoms with Gasteiger partial charge in [0.1, 0.15) is 11.4 Å². The van der Waals surface area contributed by atoms with Gasteiger partial charge in [0.05, 0.1) is 22.4 Å². The van der Waals surface area contributed by atoms with Crippen LogP contribution in [0, 0.1) is 0 Å². The van der Waals surface area contributed by atoms with Crippen molar-refractivity contribution in [2.24, 2.45) is 4.99 Å². The van der Waals surface area contributed by atoms with Crippen molar-refractivity contribution in [3.05, 3.63) is 217 Å². The number of fused-ring (bicyclic) bond motifs is 7. The molecule has 0 fully saturated rings. The van der Waals surface area contributed by atoms with Crippen LogP contribution in [-0.2, 0) is 0 Å². The van der Waals surface area contributed by atoms with Crippen molar-refractivity contribution in [3.63, 3.8) is 0 Å². The normalized spacial score (nSPS) is 11.8. The molecule has 3 aromatic heterocycles. The number of para-hydroxylation sites is 1. The van der Waals surface area contributed by atoms with Gasteiger partial charge in [-0.05, 0) is 80.6 Å². The molecule has 0 saturated carbocycles. The first-order chi connectivity index (χ1) is 30.8. The Morgan fingerprint density at radius 2 is 0.871 bits per heavy atom. The van der Waals surface area contributed by atoms with E-state index in [0.29, 0.717) is 5.69 Å². The predicted octanol–water partition coefficient (Wildman–Crippen LogP) is 12.1. The van der Waals surface area contributed by atoms with Gasteiger partial charge < -0.3 is 0 Å². The summed E-state index contributed by atoms with van der Waals surface area (Å²) in [6, 6.07) is 65.1. The van der Waals surface area contributed by atoms with Crippen LogP contribution in [0.4, 0.5) is 5.69 Å². The van der Waals surface area contributed by atoms with E-state index >= 15 is 0 Å². The Hall–Kier alpha value is -8.48. The van der Waals surface area contributed by atoms with Crippen molar-refractivity contribution >= 4 is 11.8 Å². The molecular weight excluding hydrogens is 757 g/mol. The second-order valence-electron chi connectivity index (χ2n) is 15.4. The van der Waals surface area contributed by atoms with Gasteiger partial charge >= 0.3 is 0 Å². The van der Waals surface area contributed by atoms with E-state index in [9.17, 15) is 0 Å². The number of nitrogens with zero attached hydrogens (tertiary/aromatic N) is 6. The van der Waals surface area contributed by atoms with Gasteiger partial charge in [-0.1, -0.05) is 158 Å². The van der Waals surface area contributed by atoms with Crippen molar-refractivity contribution in [1.29, 1.82) is 0 Å². The lowest BCUT2D eigenvalue weighted by atomic mass is 9.78. The summed E-state index contributed by atoms with van der Waals surface area (Å²) >= 11 is 0. The molecule has 12 rings (SSSR count). The van der Waals surface area contributed by atoms with E-state index in [1.807, 2.05) is 54.9 Å². The molecule has 6 nitrogen and oxygen atoms in total. The van der Waals surface area contributed by atoms with Crippen LogP contribution in [-0.4, -0.2) is 25.4 Å². The molecule has 4 heterocycles. The van der Waals surface area contributed by atoms with Crippen LogP contribution < -0.4 is 10.6 Å². The fourth-order valence-electron chi connectivity index (χ4n) is 9.36. The maximum Gasteiger partial charge on any atom is 0.106 e.